The molecule has 25 heavy (non-hydrogen) atoms. The Morgan fingerprint density at radius 3 is 2.68 bits per heavy atom. The zero-order chi connectivity index (χ0) is 17.5. The molecule has 0 spiro atoms. The van der Waals surface area contributed by atoms with Gasteiger partial charge in [-0.15, -0.1) is 0 Å². The molecule has 3 aromatic carbocycles. The van der Waals surface area contributed by atoms with Gasteiger partial charge in [-0.25, -0.2) is 0 Å². The number of fused-ring (bicyclic) bond motifs is 1. The van der Waals surface area contributed by atoms with Crippen LogP contribution in [0.3, 0.4) is 0 Å². The smallest absolute Gasteiger partial charge is 0.119 e. The van der Waals surface area contributed by atoms with Crippen molar-refractivity contribution >= 4 is 10.8 Å². The summed E-state index contributed by atoms with van der Waals surface area (Å²) in [5.41, 5.74) is 2.45. The summed E-state index contributed by atoms with van der Waals surface area (Å²) in [5.74, 6) is 0.857. The van der Waals surface area contributed by atoms with Crippen molar-refractivity contribution < 1.29 is 9.84 Å². The molecule has 0 amide bonds. The molecule has 0 aliphatic heterocycles. The molecular formula is C22H25NO2. The molecular weight excluding hydrogens is 310 g/mol. The van der Waals surface area contributed by atoms with Crippen LogP contribution in [0.4, 0.5) is 0 Å². The Hall–Kier alpha value is -2.36. The number of ether oxygens (including phenoxy) is 1. The maximum absolute atomic E-state index is 10.3. The fourth-order valence-corrected chi connectivity index (χ4v) is 3.10. The molecule has 0 radical (unpaired) electrons. The van der Waals surface area contributed by atoms with E-state index in [2.05, 4.69) is 53.8 Å². The molecule has 0 bridgehead atoms. The maximum Gasteiger partial charge on any atom is 0.119 e. The summed E-state index contributed by atoms with van der Waals surface area (Å²) in [6.45, 7) is 1.31. The number of aliphatic hydroxyl groups excluding tert-OH is 1. The minimum atomic E-state index is -0.357. The summed E-state index contributed by atoms with van der Waals surface area (Å²) in [4.78, 5) is 0. The second kappa shape index (κ2) is 8.65. The normalized spacial score (nSPS) is 12.2. The van der Waals surface area contributed by atoms with Gasteiger partial charge in [-0.3, -0.25) is 0 Å². The van der Waals surface area contributed by atoms with Gasteiger partial charge in [0.1, 0.15) is 5.75 Å². The Balaban J connectivity index is 1.48. The van der Waals surface area contributed by atoms with Crippen LogP contribution in [0.5, 0.6) is 5.75 Å². The van der Waals surface area contributed by atoms with E-state index in [-0.39, 0.29) is 6.10 Å². The number of methoxy groups -OCH3 is 1. The lowest BCUT2D eigenvalue weighted by atomic mass is 9.99. The van der Waals surface area contributed by atoms with E-state index in [1.54, 1.807) is 7.11 Å². The van der Waals surface area contributed by atoms with Crippen LogP contribution in [-0.2, 0) is 13.0 Å². The first kappa shape index (κ1) is 17.5. The van der Waals surface area contributed by atoms with Crippen molar-refractivity contribution in [3.8, 4) is 5.75 Å². The van der Waals surface area contributed by atoms with Crippen LogP contribution in [0.1, 0.15) is 17.5 Å². The van der Waals surface area contributed by atoms with Crippen LogP contribution >= 0.6 is 0 Å². The average molecular weight is 335 g/mol. The molecule has 0 aromatic heterocycles. The first-order valence-electron chi connectivity index (χ1n) is 8.74. The number of hydrogen-bond acceptors (Lipinski definition) is 3. The average Bonchev–Trinajstić information content (AvgIpc) is 2.66. The predicted octanol–water partition coefficient (Wildman–Crippen LogP) is 3.93. The van der Waals surface area contributed by atoms with Crippen molar-refractivity contribution in [2.45, 2.75) is 25.5 Å². The quantitative estimate of drug-likeness (QED) is 0.655. The fourth-order valence-electron chi connectivity index (χ4n) is 3.10. The molecule has 0 fully saturated rings. The minimum absolute atomic E-state index is 0.357. The molecule has 0 saturated heterocycles. The highest BCUT2D eigenvalue weighted by Gasteiger charge is 2.07. The summed E-state index contributed by atoms with van der Waals surface area (Å²) < 4.78 is 5.23. The SMILES string of the molecule is COc1cccc(CNCC(O)CCc2cccc3ccccc23)c1. The third kappa shape index (κ3) is 4.81. The largest absolute Gasteiger partial charge is 0.497 e. The minimum Gasteiger partial charge on any atom is -0.497 e. The molecule has 1 unspecified atom stereocenters. The first-order chi connectivity index (χ1) is 12.3. The number of hydrogen-bond donors (Lipinski definition) is 2. The fraction of sp³-hybridized carbons (Fsp3) is 0.273. The van der Waals surface area contributed by atoms with Crippen molar-refractivity contribution in [2.75, 3.05) is 13.7 Å². The van der Waals surface area contributed by atoms with Gasteiger partial charge in [0.25, 0.3) is 0 Å². The molecule has 3 aromatic rings. The molecule has 1 atom stereocenters. The van der Waals surface area contributed by atoms with E-state index < -0.39 is 0 Å². The van der Waals surface area contributed by atoms with Gasteiger partial charge in [-0.1, -0.05) is 54.6 Å². The highest BCUT2D eigenvalue weighted by atomic mass is 16.5. The molecule has 0 heterocycles. The Bertz CT molecular complexity index is 810. The van der Waals surface area contributed by atoms with Gasteiger partial charge in [0.2, 0.25) is 0 Å². The van der Waals surface area contributed by atoms with Gasteiger partial charge >= 0.3 is 0 Å². The Morgan fingerprint density at radius 2 is 1.80 bits per heavy atom. The highest BCUT2D eigenvalue weighted by Crippen LogP contribution is 2.20. The van der Waals surface area contributed by atoms with Gasteiger partial charge in [0.05, 0.1) is 13.2 Å². The maximum atomic E-state index is 10.3. The molecule has 0 aliphatic rings. The molecule has 0 aliphatic carbocycles. The summed E-state index contributed by atoms with van der Waals surface area (Å²) in [6.07, 6.45) is 1.27. The van der Waals surface area contributed by atoms with Gasteiger partial charge in [-0.2, -0.15) is 0 Å². The van der Waals surface area contributed by atoms with Gasteiger partial charge in [0.15, 0.2) is 0 Å². The standard InChI is InChI=1S/C22H25NO2/c1-25-21-10-4-6-17(14-21)15-23-16-20(24)13-12-19-9-5-8-18-7-2-3-11-22(18)19/h2-11,14,20,23-24H,12-13,15-16H2,1H3. The summed E-state index contributed by atoms with van der Waals surface area (Å²) in [7, 11) is 1.67. The van der Waals surface area contributed by atoms with E-state index in [9.17, 15) is 5.11 Å². The zero-order valence-corrected chi connectivity index (χ0v) is 14.6. The van der Waals surface area contributed by atoms with E-state index in [1.165, 1.54) is 16.3 Å². The van der Waals surface area contributed by atoms with E-state index in [0.29, 0.717) is 6.54 Å². The van der Waals surface area contributed by atoms with Crippen molar-refractivity contribution in [2.24, 2.45) is 0 Å². The summed E-state index contributed by atoms with van der Waals surface area (Å²) >= 11 is 0. The number of benzene rings is 3. The zero-order valence-electron chi connectivity index (χ0n) is 14.6. The molecule has 3 rings (SSSR count). The summed E-state index contributed by atoms with van der Waals surface area (Å²) in [5, 5.41) is 16.1. The number of aryl methyl sites for hydroxylation is 1. The van der Waals surface area contributed by atoms with E-state index in [0.717, 1.165) is 30.7 Å². The van der Waals surface area contributed by atoms with Gasteiger partial charge in [-0.05, 0) is 46.9 Å². The molecule has 3 heteroatoms. The van der Waals surface area contributed by atoms with Crippen molar-refractivity contribution in [1.82, 2.24) is 5.32 Å². The van der Waals surface area contributed by atoms with Crippen LogP contribution in [0, 0.1) is 0 Å². The molecule has 3 nitrogen and oxygen atoms in total. The van der Waals surface area contributed by atoms with Gasteiger partial charge < -0.3 is 15.2 Å². The first-order valence-corrected chi connectivity index (χ1v) is 8.74. The van der Waals surface area contributed by atoms with Crippen LogP contribution in [0.15, 0.2) is 66.7 Å². The number of rotatable bonds is 8. The van der Waals surface area contributed by atoms with Crippen LogP contribution in [0.25, 0.3) is 10.8 Å². The van der Waals surface area contributed by atoms with Crippen molar-refractivity contribution in [1.29, 1.82) is 0 Å². The molecule has 0 saturated carbocycles. The predicted molar refractivity (Wildman–Crippen MR) is 103 cm³/mol. The Labute approximate surface area is 149 Å². The lowest BCUT2D eigenvalue weighted by Gasteiger charge is -2.13. The lowest BCUT2D eigenvalue weighted by molar-refractivity contribution is 0.162. The van der Waals surface area contributed by atoms with Crippen molar-refractivity contribution in [3.05, 3.63) is 77.9 Å². The lowest BCUT2D eigenvalue weighted by Crippen LogP contribution is -2.26. The Morgan fingerprint density at radius 1 is 1.00 bits per heavy atom. The van der Waals surface area contributed by atoms with E-state index >= 15 is 0 Å². The van der Waals surface area contributed by atoms with Crippen molar-refractivity contribution in [3.63, 3.8) is 0 Å². The monoisotopic (exact) mass is 335 g/mol. The Kier molecular flexibility index (Phi) is 6.04. The van der Waals surface area contributed by atoms with Crippen LogP contribution in [0.2, 0.25) is 0 Å². The van der Waals surface area contributed by atoms with E-state index in [1.807, 2.05) is 18.2 Å². The van der Waals surface area contributed by atoms with Gasteiger partial charge in [0, 0.05) is 13.1 Å². The van der Waals surface area contributed by atoms with E-state index in [4.69, 9.17) is 4.74 Å². The number of aliphatic hydroxyl groups is 1. The highest BCUT2D eigenvalue weighted by molar-refractivity contribution is 5.85. The molecule has 2 N–H and O–H groups in total. The van der Waals surface area contributed by atoms with Crippen LogP contribution < -0.4 is 10.1 Å². The number of nitrogens with one attached hydrogen (secondary N) is 1. The second-order valence-corrected chi connectivity index (χ2v) is 6.31. The third-order valence-electron chi connectivity index (χ3n) is 4.47. The second-order valence-electron chi connectivity index (χ2n) is 6.31. The summed E-state index contributed by atoms with van der Waals surface area (Å²) in [6, 6.07) is 22.8. The topological polar surface area (TPSA) is 41.5 Å². The van der Waals surface area contributed by atoms with Crippen LogP contribution in [-0.4, -0.2) is 24.9 Å². The molecule has 130 valence electrons. The third-order valence-corrected chi connectivity index (χ3v) is 4.47.